The molecule has 2 N–H and O–H groups in total. The van der Waals surface area contributed by atoms with E-state index in [0.717, 1.165) is 31.2 Å². The second kappa shape index (κ2) is 4.06. The van der Waals surface area contributed by atoms with Crippen molar-refractivity contribution in [3.8, 4) is 5.75 Å². The predicted octanol–water partition coefficient (Wildman–Crippen LogP) is 2.87. The molecular weight excluding hydrogens is 205 g/mol. The highest BCUT2D eigenvalue weighted by Crippen LogP contribution is 2.39. The summed E-state index contributed by atoms with van der Waals surface area (Å²) in [6.07, 6.45) is 3.91. The molecule has 0 atom stereocenters. The molecule has 0 amide bonds. The number of aryl methyl sites for hydroxylation is 1. The van der Waals surface area contributed by atoms with Crippen molar-refractivity contribution < 1.29 is 9.13 Å². The molecule has 1 fully saturated rings. The van der Waals surface area contributed by atoms with E-state index >= 15 is 0 Å². The van der Waals surface area contributed by atoms with E-state index in [2.05, 4.69) is 0 Å². The summed E-state index contributed by atoms with van der Waals surface area (Å²) in [4.78, 5) is 0. The fraction of sp³-hybridized carbons (Fsp3) is 0.538. The number of ether oxygens (including phenoxy) is 1. The molecule has 3 heteroatoms. The van der Waals surface area contributed by atoms with Gasteiger partial charge in [0.05, 0.1) is 7.11 Å². The van der Waals surface area contributed by atoms with E-state index in [1.54, 1.807) is 7.11 Å². The standard InChI is InChI=1S/C13H18FNO/c1-9-7-10(11(14)8-12(9)16-2)13(15)5-3-4-6-13/h7-8H,3-6,15H2,1-2H3. The van der Waals surface area contributed by atoms with Crippen LogP contribution in [-0.2, 0) is 5.54 Å². The second-order valence-electron chi connectivity index (χ2n) is 4.66. The Bertz CT molecular complexity index is 397. The predicted molar refractivity (Wildman–Crippen MR) is 62.0 cm³/mol. The van der Waals surface area contributed by atoms with Gasteiger partial charge in [-0.2, -0.15) is 0 Å². The zero-order chi connectivity index (χ0) is 11.8. The topological polar surface area (TPSA) is 35.2 Å². The maximum absolute atomic E-state index is 14.0. The van der Waals surface area contributed by atoms with Crippen LogP contribution in [0.25, 0.3) is 0 Å². The Morgan fingerprint density at radius 1 is 1.31 bits per heavy atom. The summed E-state index contributed by atoms with van der Waals surface area (Å²) in [5.74, 6) is 0.342. The first-order valence-corrected chi connectivity index (χ1v) is 5.70. The van der Waals surface area contributed by atoms with Crippen LogP contribution in [0.15, 0.2) is 12.1 Å². The van der Waals surface area contributed by atoms with E-state index < -0.39 is 5.54 Å². The lowest BCUT2D eigenvalue weighted by atomic mass is 9.88. The lowest BCUT2D eigenvalue weighted by molar-refractivity contribution is 0.399. The average molecular weight is 223 g/mol. The van der Waals surface area contributed by atoms with E-state index in [-0.39, 0.29) is 5.82 Å². The van der Waals surface area contributed by atoms with Crippen molar-refractivity contribution in [2.24, 2.45) is 5.73 Å². The third-order valence-corrected chi connectivity index (χ3v) is 3.52. The Morgan fingerprint density at radius 2 is 1.94 bits per heavy atom. The normalized spacial score (nSPS) is 18.8. The van der Waals surface area contributed by atoms with E-state index in [1.165, 1.54) is 6.07 Å². The van der Waals surface area contributed by atoms with Gasteiger partial charge in [0.25, 0.3) is 0 Å². The Balaban J connectivity index is 2.45. The number of nitrogens with two attached hydrogens (primary N) is 1. The first-order valence-electron chi connectivity index (χ1n) is 5.70. The van der Waals surface area contributed by atoms with Crippen LogP contribution in [0.3, 0.4) is 0 Å². The van der Waals surface area contributed by atoms with Gasteiger partial charge in [-0.25, -0.2) is 4.39 Å². The lowest BCUT2D eigenvalue weighted by Crippen LogP contribution is -2.34. The fourth-order valence-corrected chi connectivity index (χ4v) is 2.54. The molecule has 1 aliphatic rings. The van der Waals surface area contributed by atoms with Gasteiger partial charge >= 0.3 is 0 Å². The summed E-state index contributed by atoms with van der Waals surface area (Å²) in [5, 5.41) is 0. The van der Waals surface area contributed by atoms with Crippen molar-refractivity contribution in [2.75, 3.05) is 7.11 Å². The van der Waals surface area contributed by atoms with Crippen molar-refractivity contribution in [3.05, 3.63) is 29.1 Å². The maximum Gasteiger partial charge on any atom is 0.131 e. The Hall–Kier alpha value is -1.09. The summed E-state index contributed by atoms with van der Waals surface area (Å²) in [6, 6.07) is 3.27. The highest BCUT2D eigenvalue weighted by atomic mass is 19.1. The summed E-state index contributed by atoms with van der Waals surface area (Å²) in [6.45, 7) is 1.92. The van der Waals surface area contributed by atoms with E-state index in [4.69, 9.17) is 10.5 Å². The zero-order valence-corrected chi connectivity index (χ0v) is 9.85. The zero-order valence-electron chi connectivity index (χ0n) is 9.85. The monoisotopic (exact) mass is 223 g/mol. The average Bonchev–Trinajstić information content (AvgIpc) is 2.69. The number of methoxy groups -OCH3 is 1. The third kappa shape index (κ3) is 1.80. The molecule has 0 saturated heterocycles. The molecule has 16 heavy (non-hydrogen) atoms. The molecule has 1 aliphatic carbocycles. The first kappa shape index (κ1) is 11.4. The summed E-state index contributed by atoms with van der Waals surface area (Å²) in [5.41, 5.74) is 7.37. The van der Waals surface area contributed by atoms with Gasteiger partial charge in [-0.05, 0) is 31.4 Å². The van der Waals surface area contributed by atoms with Gasteiger partial charge in [0.2, 0.25) is 0 Å². The quantitative estimate of drug-likeness (QED) is 0.836. The van der Waals surface area contributed by atoms with Gasteiger partial charge in [0.1, 0.15) is 11.6 Å². The van der Waals surface area contributed by atoms with Crippen molar-refractivity contribution in [2.45, 2.75) is 38.1 Å². The molecule has 0 heterocycles. The van der Waals surface area contributed by atoms with Crippen LogP contribution < -0.4 is 10.5 Å². The SMILES string of the molecule is COc1cc(F)c(C2(N)CCCC2)cc1C. The van der Waals surface area contributed by atoms with E-state index in [0.29, 0.717) is 11.3 Å². The smallest absolute Gasteiger partial charge is 0.131 e. The van der Waals surface area contributed by atoms with Crippen molar-refractivity contribution in [1.29, 1.82) is 0 Å². The summed E-state index contributed by atoms with van der Waals surface area (Å²) >= 11 is 0. The maximum atomic E-state index is 14.0. The number of benzene rings is 1. The van der Waals surface area contributed by atoms with Crippen molar-refractivity contribution in [1.82, 2.24) is 0 Å². The largest absolute Gasteiger partial charge is 0.496 e. The summed E-state index contributed by atoms with van der Waals surface area (Å²) < 4.78 is 19.0. The molecule has 0 bridgehead atoms. The minimum absolute atomic E-state index is 0.244. The van der Waals surface area contributed by atoms with E-state index in [9.17, 15) is 4.39 Å². The van der Waals surface area contributed by atoms with Crippen LogP contribution in [0.4, 0.5) is 4.39 Å². The van der Waals surface area contributed by atoms with Crippen molar-refractivity contribution in [3.63, 3.8) is 0 Å². The molecule has 88 valence electrons. The molecule has 0 unspecified atom stereocenters. The molecular formula is C13H18FNO. The second-order valence-corrected chi connectivity index (χ2v) is 4.66. The minimum Gasteiger partial charge on any atom is -0.496 e. The number of rotatable bonds is 2. The molecule has 0 aromatic heterocycles. The molecule has 0 aliphatic heterocycles. The first-order chi connectivity index (χ1) is 7.57. The van der Waals surface area contributed by atoms with Crippen LogP contribution in [0, 0.1) is 12.7 Å². The van der Waals surface area contributed by atoms with Gasteiger partial charge in [-0.15, -0.1) is 0 Å². The molecule has 2 rings (SSSR count). The molecule has 1 aromatic rings. The molecule has 2 nitrogen and oxygen atoms in total. The Labute approximate surface area is 95.6 Å². The highest BCUT2D eigenvalue weighted by Gasteiger charge is 2.34. The van der Waals surface area contributed by atoms with Crippen LogP contribution in [0.2, 0.25) is 0 Å². The van der Waals surface area contributed by atoms with Crippen molar-refractivity contribution >= 4 is 0 Å². The molecule has 1 aromatic carbocycles. The fourth-order valence-electron chi connectivity index (χ4n) is 2.54. The van der Waals surface area contributed by atoms with Crippen LogP contribution in [0.1, 0.15) is 36.8 Å². The third-order valence-electron chi connectivity index (χ3n) is 3.52. The van der Waals surface area contributed by atoms with Gasteiger partial charge < -0.3 is 10.5 Å². The lowest BCUT2D eigenvalue weighted by Gasteiger charge is -2.25. The van der Waals surface area contributed by atoms with Crippen LogP contribution >= 0.6 is 0 Å². The molecule has 0 radical (unpaired) electrons. The van der Waals surface area contributed by atoms with Gasteiger partial charge in [0, 0.05) is 17.2 Å². The number of hydrogen-bond acceptors (Lipinski definition) is 2. The van der Waals surface area contributed by atoms with Crippen LogP contribution in [0.5, 0.6) is 5.75 Å². The van der Waals surface area contributed by atoms with Gasteiger partial charge in [0.15, 0.2) is 0 Å². The van der Waals surface area contributed by atoms with Crippen LogP contribution in [-0.4, -0.2) is 7.11 Å². The molecule has 0 spiro atoms. The summed E-state index contributed by atoms with van der Waals surface area (Å²) in [7, 11) is 1.55. The van der Waals surface area contributed by atoms with Gasteiger partial charge in [-0.1, -0.05) is 12.8 Å². The molecule has 1 saturated carbocycles. The number of halogens is 1. The van der Waals surface area contributed by atoms with E-state index in [1.807, 2.05) is 13.0 Å². The van der Waals surface area contributed by atoms with Gasteiger partial charge in [-0.3, -0.25) is 0 Å². The minimum atomic E-state index is -0.471. The number of hydrogen-bond donors (Lipinski definition) is 1. The highest BCUT2D eigenvalue weighted by molar-refractivity contribution is 5.40. The Kier molecular flexibility index (Phi) is 2.89. The Morgan fingerprint density at radius 3 is 2.50 bits per heavy atom.